The normalized spacial score (nSPS) is 28.1. The second-order valence-corrected chi connectivity index (χ2v) is 4.48. The van der Waals surface area contributed by atoms with E-state index in [-0.39, 0.29) is 18.2 Å². The Kier molecular flexibility index (Phi) is 2.13. The van der Waals surface area contributed by atoms with Crippen LogP contribution in [0.1, 0.15) is 37.8 Å². The fraction of sp³-hybridized carbons (Fsp3) is 0.462. The van der Waals surface area contributed by atoms with Crippen LogP contribution in [0.25, 0.3) is 0 Å². The quantitative estimate of drug-likeness (QED) is 0.668. The predicted molar refractivity (Wildman–Crippen MR) is 60.0 cm³/mol. The van der Waals surface area contributed by atoms with E-state index in [1.165, 1.54) is 0 Å². The summed E-state index contributed by atoms with van der Waals surface area (Å²) < 4.78 is 5.88. The molecule has 1 aromatic carbocycles. The third-order valence-corrected chi connectivity index (χ3v) is 3.49. The van der Waals surface area contributed by atoms with Crippen molar-refractivity contribution < 1.29 is 9.53 Å². The van der Waals surface area contributed by atoms with E-state index in [1.807, 2.05) is 29.2 Å². The van der Waals surface area contributed by atoms with Gasteiger partial charge in [-0.25, -0.2) is 0 Å². The van der Waals surface area contributed by atoms with Gasteiger partial charge in [0.05, 0.1) is 6.04 Å². The first kappa shape index (κ1) is 9.70. The molecule has 3 heteroatoms. The van der Waals surface area contributed by atoms with E-state index in [0.29, 0.717) is 6.42 Å². The van der Waals surface area contributed by atoms with Crippen molar-refractivity contribution in [3.8, 4) is 5.75 Å². The second kappa shape index (κ2) is 3.51. The zero-order valence-electron chi connectivity index (χ0n) is 9.35. The van der Waals surface area contributed by atoms with E-state index in [1.54, 1.807) is 0 Å². The number of rotatable bonds is 0. The van der Waals surface area contributed by atoms with E-state index < -0.39 is 0 Å². The number of hydrogen-bond donors (Lipinski definition) is 0. The van der Waals surface area contributed by atoms with Gasteiger partial charge in [-0.15, -0.1) is 0 Å². The van der Waals surface area contributed by atoms with Gasteiger partial charge in [0.25, 0.3) is 0 Å². The molecule has 16 heavy (non-hydrogen) atoms. The molecule has 2 aliphatic rings. The number of benzene rings is 1. The molecule has 1 saturated heterocycles. The van der Waals surface area contributed by atoms with Crippen molar-refractivity contribution >= 4 is 5.91 Å². The Hall–Kier alpha value is -1.51. The van der Waals surface area contributed by atoms with Gasteiger partial charge in [0.15, 0.2) is 6.23 Å². The number of carbonyl (C=O) groups excluding carboxylic acids is 1. The Morgan fingerprint density at radius 3 is 3.06 bits per heavy atom. The monoisotopic (exact) mass is 217 g/mol. The third-order valence-electron chi connectivity index (χ3n) is 3.49. The summed E-state index contributed by atoms with van der Waals surface area (Å²) in [6.07, 6.45) is 2.50. The Balaban J connectivity index is 2.03. The van der Waals surface area contributed by atoms with Gasteiger partial charge in [0.1, 0.15) is 5.75 Å². The van der Waals surface area contributed by atoms with E-state index in [4.69, 9.17) is 4.74 Å². The van der Waals surface area contributed by atoms with Crippen LogP contribution < -0.4 is 4.74 Å². The van der Waals surface area contributed by atoms with Crippen LogP contribution in [0.4, 0.5) is 0 Å². The highest BCUT2D eigenvalue weighted by molar-refractivity contribution is 5.78. The molecule has 1 aromatic rings. The first-order valence-corrected chi connectivity index (χ1v) is 5.84. The number of amides is 1. The molecule has 0 aliphatic carbocycles. The van der Waals surface area contributed by atoms with Crippen molar-refractivity contribution in [3.63, 3.8) is 0 Å². The second-order valence-electron chi connectivity index (χ2n) is 4.48. The van der Waals surface area contributed by atoms with Gasteiger partial charge in [-0.2, -0.15) is 0 Å². The Labute approximate surface area is 95.0 Å². The molecule has 0 aromatic heterocycles. The minimum absolute atomic E-state index is 0.0499. The summed E-state index contributed by atoms with van der Waals surface area (Å²) in [6.45, 7) is 2.08. The zero-order valence-corrected chi connectivity index (χ0v) is 9.35. The molecule has 0 saturated carbocycles. The lowest BCUT2D eigenvalue weighted by molar-refractivity contribution is -0.151. The number of para-hydroxylation sites is 1. The minimum Gasteiger partial charge on any atom is -0.470 e. The molecular weight excluding hydrogens is 202 g/mol. The van der Waals surface area contributed by atoms with Crippen LogP contribution in [0.5, 0.6) is 5.75 Å². The van der Waals surface area contributed by atoms with Crippen LogP contribution in [-0.2, 0) is 4.79 Å². The van der Waals surface area contributed by atoms with Gasteiger partial charge >= 0.3 is 0 Å². The molecule has 0 unspecified atom stereocenters. The Morgan fingerprint density at radius 2 is 2.19 bits per heavy atom. The SMILES string of the molecule is C[C@@H]1c2ccccc2O[C@H]2CCCC(=O)N21. The molecule has 2 atom stereocenters. The summed E-state index contributed by atoms with van der Waals surface area (Å²) in [5.74, 6) is 1.16. The molecule has 2 heterocycles. The fourth-order valence-electron chi connectivity index (χ4n) is 2.67. The first-order valence-electron chi connectivity index (χ1n) is 5.84. The van der Waals surface area contributed by atoms with Crippen LogP contribution in [0, 0.1) is 0 Å². The molecule has 3 rings (SSSR count). The summed E-state index contributed by atoms with van der Waals surface area (Å²) in [6, 6.07) is 8.14. The van der Waals surface area contributed by atoms with Crippen LogP contribution >= 0.6 is 0 Å². The third kappa shape index (κ3) is 1.31. The van der Waals surface area contributed by atoms with Gasteiger partial charge in [0, 0.05) is 18.4 Å². The maximum atomic E-state index is 11.9. The topological polar surface area (TPSA) is 29.5 Å². The number of carbonyl (C=O) groups is 1. The van der Waals surface area contributed by atoms with Crippen molar-refractivity contribution in [3.05, 3.63) is 29.8 Å². The van der Waals surface area contributed by atoms with Crippen molar-refractivity contribution in [2.24, 2.45) is 0 Å². The van der Waals surface area contributed by atoms with Crippen LogP contribution in [-0.4, -0.2) is 17.0 Å². The fourth-order valence-corrected chi connectivity index (χ4v) is 2.67. The number of fused-ring (bicyclic) bond motifs is 2. The molecule has 3 nitrogen and oxygen atoms in total. The summed E-state index contributed by atoms with van der Waals surface area (Å²) in [5, 5.41) is 0. The average Bonchev–Trinajstić information content (AvgIpc) is 2.29. The summed E-state index contributed by atoms with van der Waals surface area (Å²) in [5.41, 5.74) is 1.12. The lowest BCUT2D eigenvalue weighted by Crippen LogP contribution is -2.50. The summed E-state index contributed by atoms with van der Waals surface area (Å²) in [4.78, 5) is 13.8. The van der Waals surface area contributed by atoms with Gasteiger partial charge in [-0.1, -0.05) is 18.2 Å². The molecular formula is C13H15NO2. The summed E-state index contributed by atoms with van der Waals surface area (Å²) in [7, 11) is 0. The van der Waals surface area contributed by atoms with Crippen molar-refractivity contribution in [2.45, 2.75) is 38.5 Å². The molecule has 1 amide bonds. The van der Waals surface area contributed by atoms with Gasteiger partial charge < -0.3 is 9.64 Å². The van der Waals surface area contributed by atoms with Crippen LogP contribution in [0.2, 0.25) is 0 Å². The molecule has 1 fully saturated rings. The van der Waals surface area contributed by atoms with E-state index in [2.05, 4.69) is 6.92 Å². The maximum Gasteiger partial charge on any atom is 0.225 e. The first-order chi connectivity index (χ1) is 7.77. The highest BCUT2D eigenvalue weighted by atomic mass is 16.5. The van der Waals surface area contributed by atoms with Crippen molar-refractivity contribution in [1.82, 2.24) is 4.90 Å². The maximum absolute atomic E-state index is 11.9. The van der Waals surface area contributed by atoms with E-state index >= 15 is 0 Å². The molecule has 0 spiro atoms. The Bertz CT molecular complexity index is 430. The summed E-state index contributed by atoms with van der Waals surface area (Å²) >= 11 is 0. The van der Waals surface area contributed by atoms with Crippen LogP contribution in [0.3, 0.4) is 0 Å². The molecule has 2 aliphatic heterocycles. The van der Waals surface area contributed by atoms with Crippen molar-refractivity contribution in [1.29, 1.82) is 0 Å². The highest BCUT2D eigenvalue weighted by Crippen LogP contribution is 2.39. The number of piperidine rings is 1. The molecule has 0 radical (unpaired) electrons. The van der Waals surface area contributed by atoms with Gasteiger partial charge in [-0.05, 0) is 19.4 Å². The lowest BCUT2D eigenvalue weighted by atomic mass is 9.98. The van der Waals surface area contributed by atoms with Crippen molar-refractivity contribution in [2.75, 3.05) is 0 Å². The largest absolute Gasteiger partial charge is 0.470 e. The highest BCUT2D eigenvalue weighted by Gasteiger charge is 2.38. The average molecular weight is 217 g/mol. The van der Waals surface area contributed by atoms with Gasteiger partial charge in [-0.3, -0.25) is 4.79 Å². The lowest BCUT2D eigenvalue weighted by Gasteiger charge is -2.44. The minimum atomic E-state index is -0.0499. The molecule has 0 bridgehead atoms. The van der Waals surface area contributed by atoms with Crippen LogP contribution in [0.15, 0.2) is 24.3 Å². The smallest absolute Gasteiger partial charge is 0.225 e. The standard InChI is InChI=1S/C13H15NO2/c1-9-10-5-2-3-6-11(10)16-13-8-4-7-12(15)14(9)13/h2-3,5-6,9,13H,4,7-8H2,1H3/t9-,13+/m1/s1. The van der Waals surface area contributed by atoms with Gasteiger partial charge in [0.2, 0.25) is 5.91 Å². The number of hydrogen-bond acceptors (Lipinski definition) is 2. The predicted octanol–water partition coefficient (Wildman–Crippen LogP) is 2.48. The Morgan fingerprint density at radius 1 is 1.38 bits per heavy atom. The molecule has 84 valence electrons. The molecule has 0 N–H and O–H groups in total. The number of ether oxygens (including phenoxy) is 1. The zero-order chi connectivity index (χ0) is 11.1. The van der Waals surface area contributed by atoms with E-state index in [9.17, 15) is 4.79 Å². The number of nitrogens with zero attached hydrogens (tertiary/aromatic N) is 1. The van der Waals surface area contributed by atoms with E-state index in [0.717, 1.165) is 24.2 Å².